The van der Waals surface area contributed by atoms with E-state index >= 15 is 0 Å². The van der Waals surface area contributed by atoms with E-state index in [2.05, 4.69) is 13.8 Å². The molecule has 0 saturated heterocycles. The molecule has 0 unspecified atom stereocenters. The fraction of sp³-hybridized carbons (Fsp3) is 0.909. The number of rotatable bonds is 29. The lowest BCUT2D eigenvalue weighted by Crippen LogP contribution is -2.02. The van der Waals surface area contributed by atoms with E-state index in [0.29, 0.717) is 6.61 Å². The van der Waals surface area contributed by atoms with E-state index in [1.807, 2.05) is 6.08 Å². The largest absolute Gasteiger partial charge is 0.463 e. The molecule has 0 amide bonds. The molecule has 0 N–H and O–H groups in total. The minimum atomic E-state index is -0.155. The number of esters is 1. The maximum Gasteiger partial charge on any atom is 0.330 e. The van der Waals surface area contributed by atoms with Crippen molar-refractivity contribution in [2.45, 2.75) is 187 Å². The van der Waals surface area contributed by atoms with E-state index in [-0.39, 0.29) is 5.97 Å². The molecule has 0 aliphatic carbocycles. The molecule has 2 nitrogen and oxygen atoms in total. The third-order valence-electron chi connectivity index (χ3n) is 7.22. The Bertz CT molecular complexity index is 429. The van der Waals surface area contributed by atoms with Gasteiger partial charge >= 0.3 is 5.97 Å². The Balaban J connectivity index is 3.21. The fourth-order valence-corrected chi connectivity index (χ4v) is 4.80. The Labute approximate surface area is 221 Å². The number of allylic oxidation sites excluding steroid dienone is 1. The van der Waals surface area contributed by atoms with Crippen molar-refractivity contribution in [2.75, 3.05) is 6.61 Å². The summed E-state index contributed by atoms with van der Waals surface area (Å²) in [5, 5.41) is 0. The van der Waals surface area contributed by atoms with Gasteiger partial charge in [0, 0.05) is 6.08 Å². The van der Waals surface area contributed by atoms with Crippen LogP contribution in [0.15, 0.2) is 12.2 Å². The summed E-state index contributed by atoms with van der Waals surface area (Å²) in [6, 6.07) is 0. The molecular formula is C33H64O2. The molecule has 35 heavy (non-hydrogen) atoms. The number of unbranched alkanes of at least 4 members (excludes halogenated alkanes) is 25. The van der Waals surface area contributed by atoms with E-state index in [1.165, 1.54) is 161 Å². The zero-order valence-electron chi connectivity index (χ0n) is 24.3. The molecule has 0 aromatic carbocycles. The van der Waals surface area contributed by atoms with Gasteiger partial charge in [0.05, 0.1) is 6.61 Å². The van der Waals surface area contributed by atoms with Crippen LogP contribution in [0.25, 0.3) is 0 Å². The van der Waals surface area contributed by atoms with Gasteiger partial charge in [-0.1, -0.05) is 174 Å². The van der Waals surface area contributed by atoms with Gasteiger partial charge in [0.25, 0.3) is 0 Å². The molecule has 0 rings (SSSR count). The third-order valence-corrected chi connectivity index (χ3v) is 7.22. The summed E-state index contributed by atoms with van der Waals surface area (Å²) in [4.78, 5) is 11.8. The highest BCUT2D eigenvalue weighted by atomic mass is 16.5. The lowest BCUT2D eigenvalue weighted by atomic mass is 10.0. The third kappa shape index (κ3) is 31.2. The van der Waals surface area contributed by atoms with Crippen molar-refractivity contribution < 1.29 is 9.53 Å². The Morgan fingerprint density at radius 1 is 0.457 bits per heavy atom. The molecular weight excluding hydrogens is 428 g/mol. The highest BCUT2D eigenvalue weighted by Gasteiger charge is 1.98. The highest BCUT2D eigenvalue weighted by Crippen LogP contribution is 2.14. The summed E-state index contributed by atoms with van der Waals surface area (Å²) >= 11 is 0. The number of carbonyl (C=O) groups is 1. The lowest BCUT2D eigenvalue weighted by Gasteiger charge is -2.04. The summed E-state index contributed by atoms with van der Waals surface area (Å²) in [6.07, 6.45) is 40.1. The van der Waals surface area contributed by atoms with Crippen LogP contribution in [-0.4, -0.2) is 12.6 Å². The predicted molar refractivity (Wildman–Crippen MR) is 156 cm³/mol. The number of ether oxygens (including phenoxy) is 1. The Morgan fingerprint density at radius 2 is 0.771 bits per heavy atom. The number of hydrogen-bond donors (Lipinski definition) is 0. The molecule has 0 fully saturated rings. The van der Waals surface area contributed by atoms with Crippen LogP contribution in [0.1, 0.15) is 187 Å². The van der Waals surface area contributed by atoms with E-state index in [0.717, 1.165) is 12.8 Å². The van der Waals surface area contributed by atoms with Crippen LogP contribution in [0.5, 0.6) is 0 Å². The van der Waals surface area contributed by atoms with E-state index < -0.39 is 0 Å². The first-order valence-corrected chi connectivity index (χ1v) is 16.1. The van der Waals surface area contributed by atoms with Crippen molar-refractivity contribution in [3.63, 3.8) is 0 Å². The summed E-state index contributed by atoms with van der Waals surface area (Å²) < 4.78 is 5.33. The van der Waals surface area contributed by atoms with Crippen molar-refractivity contribution in [3.8, 4) is 0 Å². The van der Waals surface area contributed by atoms with Gasteiger partial charge in [-0.3, -0.25) is 0 Å². The Hall–Kier alpha value is -0.790. The van der Waals surface area contributed by atoms with E-state index in [4.69, 9.17) is 4.74 Å². The lowest BCUT2D eigenvalue weighted by molar-refractivity contribution is -0.137. The van der Waals surface area contributed by atoms with Crippen LogP contribution >= 0.6 is 0 Å². The fourth-order valence-electron chi connectivity index (χ4n) is 4.80. The first-order chi connectivity index (χ1) is 17.3. The molecule has 0 aliphatic heterocycles. The molecule has 0 aromatic rings. The van der Waals surface area contributed by atoms with E-state index in [9.17, 15) is 4.79 Å². The van der Waals surface area contributed by atoms with Crippen molar-refractivity contribution in [1.29, 1.82) is 0 Å². The zero-order valence-corrected chi connectivity index (χ0v) is 24.3. The summed E-state index contributed by atoms with van der Waals surface area (Å²) in [5.74, 6) is -0.155. The van der Waals surface area contributed by atoms with Crippen LogP contribution in [0.3, 0.4) is 0 Å². The topological polar surface area (TPSA) is 26.3 Å². The molecule has 0 bridgehead atoms. The van der Waals surface area contributed by atoms with E-state index in [1.54, 1.807) is 6.08 Å². The normalized spacial score (nSPS) is 11.5. The smallest absolute Gasteiger partial charge is 0.330 e. The van der Waals surface area contributed by atoms with Gasteiger partial charge in [-0.05, 0) is 19.3 Å². The summed E-state index contributed by atoms with van der Waals surface area (Å²) in [5.41, 5.74) is 0. The van der Waals surface area contributed by atoms with Crippen molar-refractivity contribution in [3.05, 3.63) is 12.2 Å². The molecule has 0 heterocycles. The number of hydrogen-bond acceptors (Lipinski definition) is 2. The monoisotopic (exact) mass is 492 g/mol. The molecule has 0 saturated carbocycles. The van der Waals surface area contributed by atoms with Crippen LogP contribution in [0.2, 0.25) is 0 Å². The molecule has 0 spiro atoms. The summed E-state index contributed by atoms with van der Waals surface area (Å²) in [6.45, 7) is 5.14. The molecule has 0 atom stereocenters. The maximum absolute atomic E-state index is 11.8. The minimum Gasteiger partial charge on any atom is -0.463 e. The van der Waals surface area contributed by atoms with Gasteiger partial charge < -0.3 is 4.74 Å². The predicted octanol–water partition coefficient (Wildman–Crippen LogP) is 11.7. The average Bonchev–Trinajstić information content (AvgIpc) is 2.86. The minimum absolute atomic E-state index is 0.155. The van der Waals surface area contributed by atoms with Gasteiger partial charge in [-0.25, -0.2) is 4.79 Å². The second kappa shape index (κ2) is 31.2. The first-order valence-electron chi connectivity index (χ1n) is 16.1. The standard InChI is InChI=1S/C33H64O2/c1-3-5-7-9-11-13-15-16-17-18-19-20-21-23-25-27-29-31-33(34)35-32-30-28-26-24-22-14-12-10-8-6-4-2/h29,31H,3-28,30,32H2,1-2H3. The Morgan fingerprint density at radius 3 is 1.14 bits per heavy atom. The van der Waals surface area contributed by atoms with Crippen LogP contribution < -0.4 is 0 Å². The van der Waals surface area contributed by atoms with Crippen LogP contribution in [0, 0.1) is 0 Å². The maximum atomic E-state index is 11.8. The second-order valence-corrected chi connectivity index (χ2v) is 10.8. The Kier molecular flexibility index (Phi) is 30.5. The molecule has 0 radical (unpaired) electrons. The summed E-state index contributed by atoms with van der Waals surface area (Å²) in [7, 11) is 0. The molecule has 208 valence electrons. The zero-order chi connectivity index (χ0) is 25.5. The van der Waals surface area contributed by atoms with Crippen molar-refractivity contribution >= 4 is 5.97 Å². The van der Waals surface area contributed by atoms with Gasteiger partial charge in [0.15, 0.2) is 0 Å². The van der Waals surface area contributed by atoms with Crippen molar-refractivity contribution in [2.24, 2.45) is 0 Å². The first kappa shape index (κ1) is 34.2. The molecule has 0 aromatic heterocycles. The second-order valence-electron chi connectivity index (χ2n) is 10.8. The van der Waals surface area contributed by atoms with Gasteiger partial charge in [-0.15, -0.1) is 0 Å². The van der Waals surface area contributed by atoms with Crippen molar-refractivity contribution in [1.82, 2.24) is 0 Å². The van der Waals surface area contributed by atoms with Crippen LogP contribution in [0.4, 0.5) is 0 Å². The highest BCUT2D eigenvalue weighted by molar-refractivity contribution is 5.81. The SMILES string of the molecule is CCCCCCCCCCCCCCCCCC=CC(=O)OCCCCCCCCCCCCC. The quantitative estimate of drug-likeness (QED) is 0.0589. The van der Waals surface area contributed by atoms with Gasteiger partial charge in [0.2, 0.25) is 0 Å². The van der Waals surface area contributed by atoms with Gasteiger partial charge in [0.1, 0.15) is 0 Å². The van der Waals surface area contributed by atoms with Crippen LogP contribution in [-0.2, 0) is 9.53 Å². The van der Waals surface area contributed by atoms with Gasteiger partial charge in [-0.2, -0.15) is 0 Å². The molecule has 0 aliphatic rings. The number of carbonyl (C=O) groups excluding carboxylic acids is 1. The average molecular weight is 493 g/mol. The molecule has 2 heteroatoms.